The molecule has 0 heterocycles. The van der Waals surface area contributed by atoms with Crippen LogP contribution in [0.3, 0.4) is 0 Å². The van der Waals surface area contributed by atoms with Crippen molar-refractivity contribution >= 4 is 0 Å². The quantitative estimate of drug-likeness (QED) is 0.243. The van der Waals surface area contributed by atoms with Crippen LogP contribution in [0.15, 0.2) is 54.6 Å². The number of methoxy groups -OCH3 is 2. The van der Waals surface area contributed by atoms with Crippen molar-refractivity contribution in [3.63, 3.8) is 0 Å². The molecule has 0 bridgehead atoms. The summed E-state index contributed by atoms with van der Waals surface area (Å²) in [4.78, 5) is 2.35. The van der Waals surface area contributed by atoms with E-state index >= 15 is 0 Å². The molecule has 3 aromatic rings. The first-order chi connectivity index (χ1) is 18.8. The highest BCUT2D eigenvalue weighted by molar-refractivity contribution is 5.43. The molecule has 3 aromatic carbocycles. The lowest BCUT2D eigenvalue weighted by Gasteiger charge is -2.30. The van der Waals surface area contributed by atoms with Gasteiger partial charge >= 0.3 is 0 Å². The van der Waals surface area contributed by atoms with Crippen molar-refractivity contribution in [3.8, 4) is 17.2 Å². The highest BCUT2D eigenvalue weighted by atomic mass is 19.1. The summed E-state index contributed by atoms with van der Waals surface area (Å²) < 4.78 is 31.7. The van der Waals surface area contributed by atoms with Crippen molar-refractivity contribution in [2.45, 2.75) is 77.8 Å². The molecule has 0 N–H and O–H groups in total. The van der Waals surface area contributed by atoms with Gasteiger partial charge in [0.1, 0.15) is 18.1 Å². The molecule has 5 heteroatoms. The fourth-order valence-electron chi connectivity index (χ4n) is 5.92. The maximum atomic E-state index is 14.9. The Morgan fingerprint density at radius 1 is 0.846 bits per heavy atom. The Morgan fingerprint density at radius 2 is 1.56 bits per heavy atom. The lowest BCUT2D eigenvalue weighted by Crippen LogP contribution is -2.39. The van der Waals surface area contributed by atoms with E-state index in [1.54, 1.807) is 26.4 Å². The Balaban J connectivity index is 1.42. The third-order valence-corrected chi connectivity index (χ3v) is 8.04. The number of nitrogens with zero attached hydrogens (tertiary/aromatic N) is 1. The van der Waals surface area contributed by atoms with E-state index in [0.29, 0.717) is 30.4 Å². The van der Waals surface area contributed by atoms with Crippen molar-refractivity contribution in [1.82, 2.24) is 4.90 Å². The molecule has 0 spiro atoms. The second-order valence-corrected chi connectivity index (χ2v) is 11.2. The number of hydrogen-bond acceptors (Lipinski definition) is 4. The molecule has 0 aliphatic heterocycles. The van der Waals surface area contributed by atoms with E-state index < -0.39 is 0 Å². The molecule has 1 unspecified atom stereocenters. The van der Waals surface area contributed by atoms with Crippen molar-refractivity contribution < 1.29 is 18.6 Å². The predicted molar refractivity (Wildman–Crippen MR) is 157 cm³/mol. The smallest absolute Gasteiger partial charge is 0.165 e. The van der Waals surface area contributed by atoms with Crippen LogP contribution in [0.4, 0.5) is 4.39 Å². The first-order valence-electron chi connectivity index (χ1n) is 14.3. The Bertz CT molecular complexity index is 1230. The van der Waals surface area contributed by atoms with E-state index in [1.807, 2.05) is 6.07 Å². The van der Waals surface area contributed by atoms with Crippen molar-refractivity contribution in [2.24, 2.45) is 0 Å². The zero-order valence-electron chi connectivity index (χ0n) is 24.4. The maximum absolute atomic E-state index is 14.9. The number of aryl methyl sites for hydroxylation is 3. The van der Waals surface area contributed by atoms with E-state index in [4.69, 9.17) is 14.2 Å². The molecule has 0 aromatic heterocycles. The van der Waals surface area contributed by atoms with E-state index in [-0.39, 0.29) is 5.82 Å². The predicted octanol–water partition coefficient (Wildman–Crippen LogP) is 7.40. The van der Waals surface area contributed by atoms with Gasteiger partial charge in [0.25, 0.3) is 0 Å². The minimum Gasteiger partial charge on any atom is -0.497 e. The highest BCUT2D eigenvalue weighted by Gasteiger charge is 2.23. The molecule has 1 aliphatic rings. The Kier molecular flexibility index (Phi) is 9.90. The standard InChI is InChI=1S/C34H44FNO3/c1-23(2)36(24(3)4)17-18-39-34-16-8-25(19-33(34)35)7-9-29-22-31(38-6)14-15-32(29)28-11-10-27-21-30(37-5)13-12-26(27)20-28/h8,12-16,19,21-24,28H,7,9-11,17-18,20H2,1-6H3. The summed E-state index contributed by atoms with van der Waals surface area (Å²) in [5, 5.41) is 0. The molecule has 0 saturated heterocycles. The molecule has 1 atom stereocenters. The summed E-state index contributed by atoms with van der Waals surface area (Å²) in [6.07, 6.45) is 4.75. The summed E-state index contributed by atoms with van der Waals surface area (Å²) in [5.74, 6) is 2.27. The Morgan fingerprint density at radius 3 is 2.26 bits per heavy atom. The summed E-state index contributed by atoms with van der Waals surface area (Å²) in [6, 6.07) is 19.1. The third kappa shape index (κ3) is 7.33. The molecular weight excluding hydrogens is 489 g/mol. The fraction of sp³-hybridized carbons (Fsp3) is 0.471. The van der Waals surface area contributed by atoms with Crippen molar-refractivity contribution in [2.75, 3.05) is 27.4 Å². The lowest BCUT2D eigenvalue weighted by atomic mass is 9.78. The van der Waals surface area contributed by atoms with Crippen LogP contribution in [0.5, 0.6) is 17.2 Å². The largest absolute Gasteiger partial charge is 0.497 e. The third-order valence-electron chi connectivity index (χ3n) is 8.04. The maximum Gasteiger partial charge on any atom is 0.165 e. The molecule has 0 radical (unpaired) electrons. The molecule has 4 nitrogen and oxygen atoms in total. The van der Waals surface area contributed by atoms with Crippen molar-refractivity contribution in [1.29, 1.82) is 0 Å². The van der Waals surface area contributed by atoms with Crippen molar-refractivity contribution in [3.05, 3.63) is 88.2 Å². The van der Waals surface area contributed by atoms with Gasteiger partial charge in [-0.3, -0.25) is 4.90 Å². The minimum atomic E-state index is -0.293. The van der Waals surface area contributed by atoms with Crippen LogP contribution in [0.1, 0.15) is 67.9 Å². The molecular formula is C34H44FNO3. The average molecular weight is 534 g/mol. The number of hydrogen-bond donors (Lipinski definition) is 0. The van der Waals surface area contributed by atoms with Gasteiger partial charge in [-0.2, -0.15) is 0 Å². The summed E-state index contributed by atoms with van der Waals surface area (Å²) >= 11 is 0. The number of rotatable bonds is 12. The van der Waals surface area contributed by atoms with Crippen LogP contribution in [0, 0.1) is 5.82 Å². The van der Waals surface area contributed by atoms with Crippen LogP contribution < -0.4 is 14.2 Å². The SMILES string of the molecule is COc1ccc2c(c1)CCC(c1ccc(OC)cc1CCc1ccc(OCCN(C(C)C)C(C)C)c(F)c1)C2. The number of ether oxygens (including phenoxy) is 3. The van der Waals surface area contributed by atoms with E-state index in [1.165, 1.54) is 22.3 Å². The number of halogens is 1. The van der Waals surface area contributed by atoms with Gasteiger partial charge in [-0.05, 0) is 130 Å². The Labute approximate surface area is 234 Å². The van der Waals surface area contributed by atoms with Crippen LogP contribution >= 0.6 is 0 Å². The van der Waals surface area contributed by atoms with Gasteiger partial charge in [-0.1, -0.05) is 18.2 Å². The van der Waals surface area contributed by atoms with Gasteiger partial charge in [0.15, 0.2) is 11.6 Å². The van der Waals surface area contributed by atoms with E-state index in [2.05, 4.69) is 69.0 Å². The zero-order valence-corrected chi connectivity index (χ0v) is 24.4. The molecule has 210 valence electrons. The first-order valence-corrected chi connectivity index (χ1v) is 14.3. The van der Waals surface area contributed by atoms with Crippen LogP contribution in [0.2, 0.25) is 0 Å². The van der Waals surface area contributed by atoms with Gasteiger partial charge in [-0.25, -0.2) is 4.39 Å². The topological polar surface area (TPSA) is 30.9 Å². The van der Waals surface area contributed by atoms with Gasteiger partial charge < -0.3 is 14.2 Å². The van der Waals surface area contributed by atoms with Gasteiger partial charge in [0.05, 0.1) is 14.2 Å². The lowest BCUT2D eigenvalue weighted by molar-refractivity contribution is 0.140. The Hall–Kier alpha value is -3.05. The molecule has 1 aliphatic carbocycles. The minimum absolute atomic E-state index is 0.293. The molecule has 0 amide bonds. The number of benzene rings is 3. The van der Waals surface area contributed by atoms with Gasteiger partial charge in [-0.15, -0.1) is 0 Å². The normalized spacial score (nSPS) is 15.1. The molecule has 0 saturated carbocycles. The second-order valence-electron chi connectivity index (χ2n) is 11.2. The summed E-state index contributed by atoms with van der Waals surface area (Å²) in [7, 11) is 3.43. The van der Waals surface area contributed by atoms with E-state index in [9.17, 15) is 4.39 Å². The van der Waals surface area contributed by atoms with Gasteiger partial charge in [0.2, 0.25) is 0 Å². The molecule has 0 fully saturated rings. The first kappa shape index (κ1) is 28.9. The van der Waals surface area contributed by atoms with Crippen LogP contribution in [-0.4, -0.2) is 44.4 Å². The average Bonchev–Trinajstić information content (AvgIpc) is 2.93. The van der Waals surface area contributed by atoms with E-state index in [0.717, 1.165) is 55.7 Å². The number of fused-ring (bicyclic) bond motifs is 1. The molecule has 39 heavy (non-hydrogen) atoms. The van der Waals surface area contributed by atoms with Gasteiger partial charge in [0, 0.05) is 18.6 Å². The second kappa shape index (κ2) is 13.3. The van der Waals surface area contributed by atoms with Crippen LogP contribution in [-0.2, 0) is 25.7 Å². The monoisotopic (exact) mass is 533 g/mol. The summed E-state index contributed by atoms with van der Waals surface area (Å²) in [5.41, 5.74) is 6.41. The molecule has 4 rings (SSSR count). The van der Waals surface area contributed by atoms with Crippen LogP contribution in [0.25, 0.3) is 0 Å². The summed E-state index contributed by atoms with van der Waals surface area (Å²) in [6.45, 7) is 9.94. The highest BCUT2D eigenvalue weighted by Crippen LogP contribution is 2.37. The fourth-order valence-corrected chi connectivity index (χ4v) is 5.92. The zero-order chi connectivity index (χ0) is 27.9.